The maximum atomic E-state index is 12.5. The summed E-state index contributed by atoms with van der Waals surface area (Å²) in [4.78, 5) is 24.7. The van der Waals surface area contributed by atoms with Gasteiger partial charge in [-0.05, 0) is 27.9 Å². The van der Waals surface area contributed by atoms with E-state index in [-0.39, 0.29) is 18.3 Å². The van der Waals surface area contributed by atoms with Gasteiger partial charge in [0.05, 0.1) is 26.3 Å². The van der Waals surface area contributed by atoms with Crippen molar-refractivity contribution in [1.29, 1.82) is 0 Å². The van der Waals surface area contributed by atoms with Crippen molar-refractivity contribution in [2.75, 3.05) is 47.9 Å². The Balaban J connectivity index is 2.90. The van der Waals surface area contributed by atoms with E-state index >= 15 is 0 Å². The minimum Gasteiger partial charge on any atom is -0.481 e. The van der Waals surface area contributed by atoms with Crippen molar-refractivity contribution in [2.45, 2.75) is 20.3 Å². The van der Waals surface area contributed by atoms with E-state index in [9.17, 15) is 4.79 Å². The molecule has 22 heavy (non-hydrogen) atoms. The molecule has 0 saturated carbocycles. The molecule has 0 bridgehead atoms. The van der Waals surface area contributed by atoms with Crippen LogP contribution in [0, 0.1) is 6.92 Å². The van der Waals surface area contributed by atoms with E-state index in [4.69, 9.17) is 9.47 Å². The number of aromatic nitrogens is 2. The maximum absolute atomic E-state index is 12.5. The molecule has 1 aromatic rings. The van der Waals surface area contributed by atoms with Crippen molar-refractivity contribution in [3.05, 3.63) is 11.3 Å². The lowest BCUT2D eigenvalue weighted by molar-refractivity contribution is -0.130. The number of hydrogen-bond acceptors (Lipinski definition) is 6. The summed E-state index contributed by atoms with van der Waals surface area (Å²) in [5, 5.41) is 0. The Morgan fingerprint density at radius 2 is 1.82 bits per heavy atom. The van der Waals surface area contributed by atoms with E-state index in [0.29, 0.717) is 30.2 Å². The summed E-state index contributed by atoms with van der Waals surface area (Å²) in [6, 6.07) is 0.241. The lowest BCUT2D eigenvalue weighted by atomic mass is 10.1. The molecule has 1 amide bonds. The molecule has 0 aliphatic rings. The first-order valence-electron chi connectivity index (χ1n) is 7.30. The van der Waals surface area contributed by atoms with Gasteiger partial charge in [0.2, 0.25) is 11.8 Å². The smallest absolute Gasteiger partial charge is 0.319 e. The molecular formula is C15H26N4O3. The van der Waals surface area contributed by atoms with Crippen LogP contribution in [0.4, 0.5) is 0 Å². The zero-order valence-electron chi connectivity index (χ0n) is 14.3. The number of methoxy groups -OCH3 is 2. The van der Waals surface area contributed by atoms with Crippen molar-refractivity contribution < 1.29 is 14.3 Å². The van der Waals surface area contributed by atoms with Gasteiger partial charge in [-0.3, -0.25) is 4.79 Å². The fourth-order valence-corrected chi connectivity index (χ4v) is 2.05. The van der Waals surface area contributed by atoms with Crippen LogP contribution in [0.5, 0.6) is 11.9 Å². The number of carbonyl (C=O) groups excluding carboxylic acids is 1. The number of hydrogen-bond donors (Lipinski definition) is 0. The van der Waals surface area contributed by atoms with Crippen molar-refractivity contribution >= 4 is 5.91 Å². The molecule has 0 radical (unpaired) electrons. The highest BCUT2D eigenvalue weighted by Gasteiger charge is 2.19. The minimum absolute atomic E-state index is 0.0412. The molecule has 0 atom stereocenters. The van der Waals surface area contributed by atoms with Gasteiger partial charge in [-0.1, -0.05) is 0 Å². The van der Waals surface area contributed by atoms with Crippen molar-refractivity contribution in [2.24, 2.45) is 0 Å². The molecule has 0 aliphatic heterocycles. The zero-order chi connectivity index (χ0) is 16.7. The zero-order valence-corrected chi connectivity index (χ0v) is 14.3. The van der Waals surface area contributed by atoms with Crippen LogP contribution in [0.25, 0.3) is 0 Å². The van der Waals surface area contributed by atoms with Gasteiger partial charge in [-0.25, -0.2) is 4.98 Å². The average Bonchev–Trinajstić information content (AvgIpc) is 2.49. The summed E-state index contributed by atoms with van der Waals surface area (Å²) in [5.74, 6) is 0.431. The van der Waals surface area contributed by atoms with E-state index in [1.54, 1.807) is 0 Å². The summed E-state index contributed by atoms with van der Waals surface area (Å²) in [5.41, 5.74) is 1.40. The Morgan fingerprint density at radius 3 is 2.32 bits per heavy atom. The number of rotatable bonds is 8. The van der Waals surface area contributed by atoms with E-state index in [1.807, 2.05) is 32.8 Å². The third-order valence-electron chi connectivity index (χ3n) is 3.41. The van der Waals surface area contributed by atoms with Crippen LogP contribution in [0.3, 0.4) is 0 Å². The quantitative estimate of drug-likeness (QED) is 0.706. The second-order valence-electron chi connectivity index (χ2n) is 5.24. The van der Waals surface area contributed by atoms with Crippen LogP contribution in [0.15, 0.2) is 0 Å². The van der Waals surface area contributed by atoms with Gasteiger partial charge in [-0.15, -0.1) is 0 Å². The molecule has 1 rings (SSSR count). The van der Waals surface area contributed by atoms with Crippen LogP contribution < -0.4 is 9.47 Å². The molecule has 0 unspecified atom stereocenters. The first-order chi connectivity index (χ1) is 10.4. The number of nitrogens with zero attached hydrogens (tertiary/aromatic N) is 4. The highest BCUT2D eigenvalue weighted by Crippen LogP contribution is 2.22. The number of likely N-dealkylation sites (N-methyl/N-ethyl adjacent to an activating group) is 2. The predicted octanol–water partition coefficient (Wildman–Crippen LogP) is 0.755. The third-order valence-corrected chi connectivity index (χ3v) is 3.41. The van der Waals surface area contributed by atoms with Crippen molar-refractivity contribution in [3.63, 3.8) is 0 Å². The number of aryl methyl sites for hydroxylation is 1. The van der Waals surface area contributed by atoms with Crippen LogP contribution in [-0.4, -0.2) is 73.6 Å². The van der Waals surface area contributed by atoms with E-state index in [2.05, 4.69) is 14.9 Å². The Morgan fingerprint density at radius 1 is 1.14 bits per heavy atom. The maximum Gasteiger partial charge on any atom is 0.319 e. The summed E-state index contributed by atoms with van der Waals surface area (Å²) in [6.07, 6.45) is 0.222. The molecule has 7 heteroatoms. The average molecular weight is 310 g/mol. The van der Waals surface area contributed by atoms with Crippen molar-refractivity contribution in [3.8, 4) is 11.9 Å². The summed E-state index contributed by atoms with van der Waals surface area (Å²) < 4.78 is 10.3. The van der Waals surface area contributed by atoms with Gasteiger partial charge in [0, 0.05) is 25.2 Å². The first kappa shape index (κ1) is 18.2. The van der Waals surface area contributed by atoms with E-state index in [1.165, 1.54) is 14.2 Å². The molecule has 7 nitrogen and oxygen atoms in total. The fraction of sp³-hybridized carbons (Fsp3) is 0.667. The highest BCUT2D eigenvalue weighted by molar-refractivity contribution is 5.79. The Labute approximate surface area is 132 Å². The van der Waals surface area contributed by atoms with Crippen molar-refractivity contribution in [1.82, 2.24) is 19.8 Å². The monoisotopic (exact) mass is 310 g/mol. The summed E-state index contributed by atoms with van der Waals surface area (Å²) >= 11 is 0. The molecular weight excluding hydrogens is 284 g/mol. The molecule has 0 saturated heterocycles. The van der Waals surface area contributed by atoms with Crippen LogP contribution in [0.1, 0.15) is 18.2 Å². The first-order valence-corrected chi connectivity index (χ1v) is 7.30. The van der Waals surface area contributed by atoms with Crippen LogP contribution in [0.2, 0.25) is 0 Å². The number of amides is 1. The minimum atomic E-state index is 0.0412. The van der Waals surface area contributed by atoms with Gasteiger partial charge in [-0.2, -0.15) is 4.98 Å². The van der Waals surface area contributed by atoms with Crippen LogP contribution in [-0.2, 0) is 11.2 Å². The Hall–Kier alpha value is -1.89. The molecule has 124 valence electrons. The standard InChI is InChI=1S/C15H26N4O3/c1-7-19(9-8-18(3)4)13(20)10-12-11(2)16-15(22-6)17-14(12)21-5/h7-10H2,1-6H3. The van der Waals surface area contributed by atoms with E-state index in [0.717, 1.165) is 6.54 Å². The molecule has 0 spiro atoms. The van der Waals surface area contributed by atoms with Gasteiger partial charge < -0.3 is 19.3 Å². The Bertz CT molecular complexity index is 506. The van der Waals surface area contributed by atoms with Crippen LogP contribution >= 0.6 is 0 Å². The fourth-order valence-electron chi connectivity index (χ4n) is 2.05. The third kappa shape index (κ3) is 4.84. The number of ether oxygens (including phenoxy) is 2. The molecule has 0 aliphatic carbocycles. The topological polar surface area (TPSA) is 67.8 Å². The normalized spacial score (nSPS) is 10.7. The second-order valence-corrected chi connectivity index (χ2v) is 5.24. The molecule has 0 fully saturated rings. The van der Waals surface area contributed by atoms with Gasteiger partial charge in [0.1, 0.15) is 0 Å². The lowest BCUT2D eigenvalue weighted by Crippen LogP contribution is -2.37. The largest absolute Gasteiger partial charge is 0.481 e. The highest BCUT2D eigenvalue weighted by atomic mass is 16.5. The molecule has 0 aromatic carbocycles. The lowest BCUT2D eigenvalue weighted by Gasteiger charge is -2.23. The molecule has 1 heterocycles. The summed E-state index contributed by atoms with van der Waals surface area (Å²) in [7, 11) is 7.00. The van der Waals surface area contributed by atoms with Gasteiger partial charge in [0.15, 0.2) is 0 Å². The molecule has 1 aromatic heterocycles. The van der Waals surface area contributed by atoms with Gasteiger partial charge in [0.25, 0.3) is 0 Å². The molecule has 0 N–H and O–H groups in total. The summed E-state index contributed by atoms with van der Waals surface area (Å²) in [6.45, 7) is 5.99. The SMILES string of the molecule is CCN(CCN(C)C)C(=O)Cc1c(C)nc(OC)nc1OC. The van der Waals surface area contributed by atoms with E-state index < -0.39 is 0 Å². The Kier molecular flexibility index (Phi) is 7.04. The predicted molar refractivity (Wildman–Crippen MR) is 84.4 cm³/mol. The number of carbonyl (C=O) groups is 1. The second kappa shape index (κ2) is 8.53. The van der Waals surface area contributed by atoms with Gasteiger partial charge >= 0.3 is 6.01 Å².